The SMILES string of the molecule is COc1ccc(Cc2cc3ccccc3[nH]2)cc1. The van der Waals surface area contributed by atoms with E-state index in [1.807, 2.05) is 12.1 Å². The van der Waals surface area contributed by atoms with Crippen molar-refractivity contribution in [3.05, 3.63) is 65.9 Å². The second-order valence-electron chi connectivity index (χ2n) is 4.41. The summed E-state index contributed by atoms with van der Waals surface area (Å²) in [7, 11) is 1.69. The molecule has 0 saturated carbocycles. The van der Waals surface area contributed by atoms with E-state index in [1.165, 1.54) is 22.2 Å². The Morgan fingerprint density at radius 3 is 2.50 bits per heavy atom. The fourth-order valence-electron chi connectivity index (χ4n) is 2.19. The minimum absolute atomic E-state index is 0.899. The summed E-state index contributed by atoms with van der Waals surface area (Å²) < 4.78 is 5.16. The third kappa shape index (κ3) is 2.09. The van der Waals surface area contributed by atoms with Gasteiger partial charge in [-0.1, -0.05) is 30.3 Å². The van der Waals surface area contributed by atoms with Gasteiger partial charge in [-0.2, -0.15) is 0 Å². The van der Waals surface area contributed by atoms with Gasteiger partial charge in [-0.05, 0) is 35.2 Å². The fourth-order valence-corrected chi connectivity index (χ4v) is 2.19. The van der Waals surface area contributed by atoms with Gasteiger partial charge in [0.1, 0.15) is 5.75 Å². The summed E-state index contributed by atoms with van der Waals surface area (Å²) in [6, 6.07) is 18.8. The average molecular weight is 237 g/mol. The highest BCUT2D eigenvalue weighted by molar-refractivity contribution is 5.80. The molecule has 0 aliphatic heterocycles. The lowest BCUT2D eigenvalue weighted by Gasteiger charge is -2.02. The molecule has 2 aromatic carbocycles. The van der Waals surface area contributed by atoms with E-state index in [0.717, 1.165) is 12.2 Å². The van der Waals surface area contributed by atoms with E-state index in [0.29, 0.717) is 0 Å². The number of methoxy groups -OCH3 is 1. The lowest BCUT2D eigenvalue weighted by Crippen LogP contribution is -1.88. The third-order valence-electron chi connectivity index (χ3n) is 3.14. The molecule has 1 N–H and O–H groups in total. The number of aromatic nitrogens is 1. The Hall–Kier alpha value is -2.22. The monoisotopic (exact) mass is 237 g/mol. The van der Waals surface area contributed by atoms with Crippen molar-refractivity contribution < 1.29 is 4.74 Å². The molecule has 0 radical (unpaired) electrons. The van der Waals surface area contributed by atoms with E-state index in [-0.39, 0.29) is 0 Å². The summed E-state index contributed by atoms with van der Waals surface area (Å²) in [6.07, 6.45) is 0.915. The van der Waals surface area contributed by atoms with Crippen molar-refractivity contribution in [1.29, 1.82) is 0 Å². The van der Waals surface area contributed by atoms with Gasteiger partial charge in [-0.3, -0.25) is 0 Å². The van der Waals surface area contributed by atoms with Crippen molar-refractivity contribution in [2.45, 2.75) is 6.42 Å². The molecule has 3 aromatic rings. The molecular weight excluding hydrogens is 222 g/mol. The Bertz CT molecular complexity index is 619. The summed E-state index contributed by atoms with van der Waals surface area (Å²) in [5, 5.41) is 1.26. The predicted octanol–water partition coefficient (Wildman–Crippen LogP) is 3.77. The Kier molecular flexibility index (Phi) is 2.77. The number of para-hydroxylation sites is 1. The fraction of sp³-hybridized carbons (Fsp3) is 0.125. The number of hydrogen-bond donors (Lipinski definition) is 1. The Balaban J connectivity index is 1.86. The van der Waals surface area contributed by atoms with Crippen LogP contribution in [-0.2, 0) is 6.42 Å². The van der Waals surface area contributed by atoms with Gasteiger partial charge in [0.05, 0.1) is 7.11 Å². The van der Waals surface area contributed by atoms with Gasteiger partial charge in [0.15, 0.2) is 0 Å². The summed E-state index contributed by atoms with van der Waals surface area (Å²) in [5.74, 6) is 0.899. The number of benzene rings is 2. The molecular formula is C16H15NO. The molecule has 3 rings (SSSR count). The minimum atomic E-state index is 0.899. The van der Waals surface area contributed by atoms with E-state index in [4.69, 9.17) is 4.74 Å². The topological polar surface area (TPSA) is 25.0 Å². The number of hydrogen-bond acceptors (Lipinski definition) is 1. The van der Waals surface area contributed by atoms with Crippen LogP contribution in [0.1, 0.15) is 11.3 Å². The van der Waals surface area contributed by atoms with Crippen LogP contribution in [0, 0.1) is 0 Å². The molecule has 0 unspecified atom stereocenters. The normalized spacial score (nSPS) is 10.7. The van der Waals surface area contributed by atoms with Crippen LogP contribution in [-0.4, -0.2) is 12.1 Å². The predicted molar refractivity (Wildman–Crippen MR) is 74.1 cm³/mol. The van der Waals surface area contributed by atoms with Crippen LogP contribution in [0.2, 0.25) is 0 Å². The van der Waals surface area contributed by atoms with Crippen molar-refractivity contribution in [3.8, 4) is 5.75 Å². The maximum absolute atomic E-state index is 5.16. The largest absolute Gasteiger partial charge is 0.497 e. The van der Waals surface area contributed by atoms with Crippen LogP contribution < -0.4 is 4.74 Å². The van der Waals surface area contributed by atoms with Crippen molar-refractivity contribution in [3.63, 3.8) is 0 Å². The lowest BCUT2D eigenvalue weighted by atomic mass is 10.1. The first kappa shape index (κ1) is 10.9. The zero-order valence-electron chi connectivity index (χ0n) is 10.3. The summed E-state index contributed by atoms with van der Waals surface area (Å²) >= 11 is 0. The van der Waals surface area contributed by atoms with Gasteiger partial charge in [-0.15, -0.1) is 0 Å². The van der Waals surface area contributed by atoms with E-state index >= 15 is 0 Å². The summed E-state index contributed by atoms with van der Waals surface area (Å²) in [6.45, 7) is 0. The lowest BCUT2D eigenvalue weighted by molar-refractivity contribution is 0.414. The van der Waals surface area contributed by atoms with Gasteiger partial charge in [-0.25, -0.2) is 0 Å². The second kappa shape index (κ2) is 4.57. The van der Waals surface area contributed by atoms with Crippen LogP contribution in [0.5, 0.6) is 5.75 Å². The van der Waals surface area contributed by atoms with Crippen LogP contribution in [0.3, 0.4) is 0 Å². The number of aromatic amines is 1. The quantitative estimate of drug-likeness (QED) is 0.737. The standard InChI is InChI=1S/C16H15NO/c1-18-15-8-6-12(7-9-15)10-14-11-13-4-2-3-5-16(13)17-14/h2-9,11,17H,10H2,1H3. The van der Waals surface area contributed by atoms with Gasteiger partial charge >= 0.3 is 0 Å². The summed E-state index contributed by atoms with van der Waals surface area (Å²) in [4.78, 5) is 3.44. The van der Waals surface area contributed by atoms with Gasteiger partial charge in [0.25, 0.3) is 0 Å². The summed E-state index contributed by atoms with van der Waals surface area (Å²) in [5.41, 5.74) is 3.71. The van der Waals surface area contributed by atoms with E-state index in [2.05, 4.69) is 47.4 Å². The first-order valence-electron chi connectivity index (χ1n) is 6.05. The highest BCUT2D eigenvalue weighted by atomic mass is 16.5. The molecule has 0 fully saturated rings. The first-order valence-corrected chi connectivity index (χ1v) is 6.05. The second-order valence-corrected chi connectivity index (χ2v) is 4.41. The molecule has 90 valence electrons. The molecule has 0 bridgehead atoms. The number of H-pyrrole nitrogens is 1. The molecule has 0 aliphatic rings. The molecule has 1 aromatic heterocycles. The number of rotatable bonds is 3. The van der Waals surface area contributed by atoms with Crippen LogP contribution in [0.15, 0.2) is 54.6 Å². The van der Waals surface area contributed by atoms with Crippen LogP contribution in [0.25, 0.3) is 10.9 Å². The molecule has 18 heavy (non-hydrogen) atoms. The van der Waals surface area contributed by atoms with Crippen molar-refractivity contribution in [2.24, 2.45) is 0 Å². The first-order chi connectivity index (χ1) is 8.85. The van der Waals surface area contributed by atoms with Crippen molar-refractivity contribution in [2.75, 3.05) is 7.11 Å². The minimum Gasteiger partial charge on any atom is -0.497 e. The van der Waals surface area contributed by atoms with Gasteiger partial charge in [0.2, 0.25) is 0 Å². The molecule has 2 nitrogen and oxygen atoms in total. The zero-order chi connectivity index (χ0) is 12.4. The highest BCUT2D eigenvalue weighted by Gasteiger charge is 2.01. The molecule has 0 saturated heterocycles. The van der Waals surface area contributed by atoms with Gasteiger partial charge < -0.3 is 9.72 Å². The van der Waals surface area contributed by atoms with E-state index < -0.39 is 0 Å². The number of fused-ring (bicyclic) bond motifs is 1. The smallest absolute Gasteiger partial charge is 0.118 e. The Labute approximate surface area is 106 Å². The van der Waals surface area contributed by atoms with E-state index in [1.54, 1.807) is 7.11 Å². The Morgan fingerprint density at radius 2 is 1.78 bits per heavy atom. The molecule has 1 heterocycles. The third-order valence-corrected chi connectivity index (χ3v) is 3.14. The maximum Gasteiger partial charge on any atom is 0.118 e. The zero-order valence-corrected chi connectivity index (χ0v) is 10.3. The highest BCUT2D eigenvalue weighted by Crippen LogP contribution is 2.18. The maximum atomic E-state index is 5.16. The molecule has 0 atom stereocenters. The van der Waals surface area contributed by atoms with Crippen LogP contribution in [0.4, 0.5) is 0 Å². The number of nitrogens with one attached hydrogen (secondary N) is 1. The van der Waals surface area contributed by atoms with Crippen molar-refractivity contribution >= 4 is 10.9 Å². The van der Waals surface area contributed by atoms with Crippen molar-refractivity contribution in [1.82, 2.24) is 4.98 Å². The van der Waals surface area contributed by atoms with Gasteiger partial charge in [0, 0.05) is 17.6 Å². The average Bonchev–Trinajstić information content (AvgIpc) is 2.82. The molecule has 0 amide bonds. The number of ether oxygens (including phenoxy) is 1. The molecule has 0 spiro atoms. The Morgan fingerprint density at radius 1 is 1.00 bits per heavy atom. The van der Waals surface area contributed by atoms with E-state index in [9.17, 15) is 0 Å². The molecule has 2 heteroatoms. The van der Waals surface area contributed by atoms with Crippen LogP contribution >= 0.6 is 0 Å². The molecule has 0 aliphatic carbocycles.